The number of hydrogen-bond acceptors (Lipinski definition) is 20. The van der Waals surface area contributed by atoms with E-state index in [4.69, 9.17) is 25.8 Å². The van der Waals surface area contributed by atoms with Crippen LogP contribution in [0, 0.1) is 5.41 Å². The second kappa shape index (κ2) is 33.7. The molecule has 0 spiro atoms. The van der Waals surface area contributed by atoms with Crippen molar-refractivity contribution in [1.82, 2.24) is 39.7 Å². The number of halogens is 4. The Bertz CT molecular complexity index is 4240. The summed E-state index contributed by atoms with van der Waals surface area (Å²) in [5.41, 5.74) is -0.189. The van der Waals surface area contributed by atoms with Crippen molar-refractivity contribution in [3.8, 4) is 0 Å². The number of sulfone groups is 1. The van der Waals surface area contributed by atoms with Crippen LogP contribution in [0.15, 0.2) is 142 Å². The maximum Gasteiger partial charge on any atom is 0.501 e. The highest BCUT2D eigenvalue weighted by molar-refractivity contribution is 7.99. The standard InChI is InChI=1S/C70H81ClF3N11O13S3/c1-69(2)28-26-56(47-14-18-50(71)19-15-47)49(42-69)43-82-32-34-83(35-33-82)53-20-16-48(17-21-53)65(88)79-101(94,95)55-22-23-58(61(41-55)100(92,93)70(72,73)74)76-51(46-99-54-9-5-4-6-10-54)27-31-81(3)63(87)13-8-30-84-44-52(78-80-84)45-98-40-39-97-38-37-96-36-29-75-59-12-7-11-57-64(59)68(91)85(67(57)90)60-24-25-62(86)77-66(60)89/h4-7,9-12,14-23,41,44,51,60,75-76H,8,13,24-40,42-43,45-46H2,1-3H3,(H,79,88)(H,77,86,89)/t51-,60?/m1/s1. The monoisotopic (exact) mass is 1470 g/mol. The highest BCUT2D eigenvalue weighted by Gasteiger charge is 2.49. The van der Waals surface area contributed by atoms with E-state index in [9.17, 15) is 58.8 Å². The Balaban J connectivity index is 0.657. The predicted octanol–water partition coefficient (Wildman–Crippen LogP) is 9.09. The van der Waals surface area contributed by atoms with Gasteiger partial charge in [-0.05, 0) is 134 Å². The fourth-order valence-electron chi connectivity index (χ4n) is 12.4. The number of rotatable bonds is 33. The number of anilines is 3. The summed E-state index contributed by atoms with van der Waals surface area (Å²) in [6.07, 6.45) is 5.42. The zero-order chi connectivity index (χ0) is 72.1. The number of benzene rings is 5. The topological polar surface area (TPSA) is 290 Å². The summed E-state index contributed by atoms with van der Waals surface area (Å²) in [5.74, 6) is -3.50. The Hall–Kier alpha value is -8.23. The number of sulfonamides is 1. The number of imide groups is 2. The minimum absolute atomic E-state index is 0.0193. The molecule has 31 heteroatoms. The molecule has 0 radical (unpaired) electrons. The van der Waals surface area contributed by atoms with Crippen molar-refractivity contribution in [2.24, 2.45) is 5.41 Å². The Morgan fingerprint density at radius 1 is 0.832 bits per heavy atom. The van der Waals surface area contributed by atoms with Crippen molar-refractivity contribution >= 4 is 101 Å². The number of carbonyl (C=O) groups is 6. The van der Waals surface area contributed by atoms with Crippen LogP contribution >= 0.6 is 23.4 Å². The van der Waals surface area contributed by atoms with E-state index in [0.29, 0.717) is 55.1 Å². The highest BCUT2D eigenvalue weighted by atomic mass is 35.5. The zero-order valence-electron chi connectivity index (χ0n) is 56.1. The van der Waals surface area contributed by atoms with Crippen molar-refractivity contribution < 1.29 is 73.0 Å². The minimum Gasteiger partial charge on any atom is -0.382 e. The molecule has 540 valence electrons. The van der Waals surface area contributed by atoms with Crippen LogP contribution in [0.1, 0.15) is 108 Å². The smallest absolute Gasteiger partial charge is 0.382 e. The van der Waals surface area contributed by atoms with Gasteiger partial charge in [0.25, 0.3) is 37.6 Å². The third-order valence-corrected chi connectivity index (χ3v) is 22.2. The maximum atomic E-state index is 14.5. The molecule has 101 heavy (non-hydrogen) atoms. The van der Waals surface area contributed by atoms with Crippen molar-refractivity contribution in [2.45, 2.75) is 111 Å². The van der Waals surface area contributed by atoms with Crippen molar-refractivity contribution in [3.05, 3.63) is 160 Å². The van der Waals surface area contributed by atoms with E-state index in [0.717, 1.165) is 66.5 Å². The van der Waals surface area contributed by atoms with Gasteiger partial charge in [-0.1, -0.05) is 72.6 Å². The number of ether oxygens (including phenoxy) is 3. The average molecular weight is 1470 g/mol. The van der Waals surface area contributed by atoms with Gasteiger partial charge in [0.05, 0.1) is 67.5 Å². The van der Waals surface area contributed by atoms with Crippen molar-refractivity contribution in [3.63, 3.8) is 0 Å². The van der Waals surface area contributed by atoms with Gasteiger partial charge < -0.3 is 34.6 Å². The van der Waals surface area contributed by atoms with Crippen LogP contribution in [0.2, 0.25) is 5.02 Å². The number of nitrogens with one attached hydrogen (secondary N) is 4. The summed E-state index contributed by atoms with van der Waals surface area (Å²) >= 11 is 7.55. The van der Waals surface area contributed by atoms with E-state index in [1.54, 1.807) is 54.3 Å². The van der Waals surface area contributed by atoms with Crippen molar-refractivity contribution in [2.75, 3.05) is 107 Å². The normalized spacial score (nSPS) is 17.0. The molecule has 1 aromatic heterocycles. The number of alkyl halides is 3. The summed E-state index contributed by atoms with van der Waals surface area (Å²) in [5, 5.41) is 17.2. The first kappa shape index (κ1) is 75.4. The van der Waals surface area contributed by atoms with Gasteiger partial charge in [-0.25, -0.2) is 21.6 Å². The number of thioether (sulfide) groups is 1. The number of fused-ring (bicyclic) bond motifs is 1. The third kappa shape index (κ3) is 19.7. The Morgan fingerprint density at radius 2 is 1.54 bits per heavy atom. The maximum absolute atomic E-state index is 14.5. The van der Waals surface area contributed by atoms with Crippen molar-refractivity contribution in [1.29, 1.82) is 0 Å². The Morgan fingerprint density at radius 3 is 2.26 bits per heavy atom. The number of aromatic nitrogens is 3. The van der Waals surface area contributed by atoms with Gasteiger partial charge in [-0.15, -0.1) is 16.9 Å². The third-order valence-electron chi connectivity index (χ3n) is 17.9. The molecule has 0 bridgehead atoms. The van der Waals surface area contributed by atoms with Gasteiger partial charge in [0.1, 0.15) is 16.6 Å². The van der Waals surface area contributed by atoms with Crippen LogP contribution in [0.4, 0.5) is 30.2 Å². The molecule has 6 amide bonds. The summed E-state index contributed by atoms with van der Waals surface area (Å²) in [6.45, 7) is 10.6. The molecule has 24 nitrogen and oxygen atoms in total. The van der Waals surface area contributed by atoms with Crippen LogP contribution in [-0.4, -0.2) is 191 Å². The number of amides is 6. The fraction of sp³-hybridized carbons (Fsp3) is 0.429. The number of allylic oxidation sites excluding steroid dienone is 1. The van der Waals surface area contributed by atoms with Crippen LogP contribution < -0.4 is 25.6 Å². The van der Waals surface area contributed by atoms with Gasteiger partial charge in [-0.3, -0.25) is 48.6 Å². The van der Waals surface area contributed by atoms with E-state index in [2.05, 4.69) is 62.0 Å². The van der Waals surface area contributed by atoms with Gasteiger partial charge in [0.2, 0.25) is 17.7 Å². The molecule has 6 aromatic rings. The molecule has 5 aromatic carbocycles. The van der Waals surface area contributed by atoms with E-state index in [1.165, 1.54) is 51.6 Å². The average Bonchev–Trinajstić information content (AvgIpc) is 1.73. The minimum atomic E-state index is -6.21. The molecule has 2 fully saturated rings. The lowest BCUT2D eigenvalue weighted by molar-refractivity contribution is -0.136. The molecule has 10 rings (SSSR count). The van der Waals surface area contributed by atoms with Crippen LogP contribution in [0.3, 0.4) is 0 Å². The number of piperidine rings is 1. The van der Waals surface area contributed by atoms with Gasteiger partial charge in [0.15, 0.2) is 0 Å². The van der Waals surface area contributed by atoms with Crippen LogP contribution in [0.5, 0.6) is 0 Å². The quantitative estimate of drug-likeness (QED) is 0.0170. The first-order valence-corrected chi connectivity index (χ1v) is 37.5. The van der Waals surface area contributed by atoms with Crippen LogP contribution in [-0.2, 0) is 61.6 Å². The van der Waals surface area contributed by atoms with E-state index >= 15 is 0 Å². The molecular formula is C70H81ClF3N11O13S3. The van der Waals surface area contributed by atoms with Gasteiger partial charge in [0, 0.05) is 111 Å². The lowest BCUT2D eigenvalue weighted by Gasteiger charge is -2.39. The molecule has 3 aliphatic heterocycles. The molecule has 4 aliphatic rings. The van der Waals surface area contributed by atoms with E-state index in [-0.39, 0.29) is 106 Å². The summed E-state index contributed by atoms with van der Waals surface area (Å²) in [7, 11) is -9.60. The first-order chi connectivity index (χ1) is 48.2. The SMILES string of the molecule is CN(CC[C@H](CSc1ccccc1)Nc1ccc(S(=O)(=O)NC(=O)c2ccc(N3CCN(CC4=C(c5ccc(Cl)cc5)CCC(C)(C)C4)CC3)cc2)cc1S(=O)(=O)C(F)(F)F)C(=O)CCCn1cc(COCCOCCOCCNc2cccc3c2C(=O)N(C2CCC(=O)NC2=O)C3=O)nn1. The molecule has 4 heterocycles. The zero-order valence-corrected chi connectivity index (χ0v) is 59.3. The number of aryl methyl sites for hydroxylation is 1. The number of piperazine rings is 1. The van der Waals surface area contributed by atoms with E-state index < -0.39 is 82.5 Å². The van der Waals surface area contributed by atoms with E-state index in [1.807, 2.05) is 35.1 Å². The molecule has 4 N–H and O–H groups in total. The predicted molar refractivity (Wildman–Crippen MR) is 374 cm³/mol. The molecule has 2 atom stereocenters. The first-order valence-electron chi connectivity index (χ1n) is 33.2. The largest absolute Gasteiger partial charge is 0.501 e. The van der Waals surface area contributed by atoms with Gasteiger partial charge in [-0.2, -0.15) is 13.2 Å². The number of hydrogen-bond donors (Lipinski definition) is 4. The van der Waals surface area contributed by atoms with Gasteiger partial charge >= 0.3 is 5.51 Å². The summed E-state index contributed by atoms with van der Waals surface area (Å²) in [4.78, 5) is 83.0. The molecule has 0 saturated carbocycles. The summed E-state index contributed by atoms with van der Waals surface area (Å²) < 4.78 is 118. The molecule has 2 saturated heterocycles. The summed E-state index contributed by atoms with van der Waals surface area (Å²) in [6, 6.07) is 28.5. The molecule has 1 unspecified atom stereocenters. The lowest BCUT2D eigenvalue weighted by Crippen LogP contribution is -2.54. The number of nitrogens with zero attached hydrogens (tertiary/aromatic N) is 7. The lowest BCUT2D eigenvalue weighted by atomic mass is 9.73. The highest BCUT2D eigenvalue weighted by Crippen LogP contribution is 2.43. The van der Waals surface area contributed by atoms with Crippen LogP contribution in [0.25, 0.3) is 5.57 Å². The second-order valence-corrected chi connectivity index (χ2v) is 30.9. The Labute approximate surface area is 594 Å². The number of carbonyl (C=O) groups excluding carboxylic acids is 6. The molecule has 1 aliphatic carbocycles. The fourth-order valence-corrected chi connectivity index (χ4v) is 15.6. The molecular weight excluding hydrogens is 1390 g/mol. The second-order valence-electron chi connectivity index (χ2n) is 25.8. The Kier molecular flexibility index (Phi) is 25.2.